The summed E-state index contributed by atoms with van der Waals surface area (Å²) in [6, 6.07) is 16.3. The summed E-state index contributed by atoms with van der Waals surface area (Å²) in [5.74, 6) is -0.139. The van der Waals surface area contributed by atoms with Crippen LogP contribution in [0.3, 0.4) is 0 Å². The van der Waals surface area contributed by atoms with Gasteiger partial charge in [0.1, 0.15) is 23.8 Å². The molecule has 0 spiro atoms. The van der Waals surface area contributed by atoms with Crippen LogP contribution in [-0.4, -0.2) is 12.6 Å². The van der Waals surface area contributed by atoms with Gasteiger partial charge in [-0.3, -0.25) is 4.79 Å². The minimum atomic E-state index is -0.367. The van der Waals surface area contributed by atoms with Gasteiger partial charge in [-0.15, -0.1) is 0 Å². The zero-order valence-corrected chi connectivity index (χ0v) is 19.0. The van der Waals surface area contributed by atoms with Crippen LogP contribution in [-0.2, 0) is 35.6 Å². The van der Waals surface area contributed by atoms with Crippen LogP contribution in [0.4, 0.5) is 4.39 Å². The summed E-state index contributed by atoms with van der Waals surface area (Å²) in [7, 11) is 0. The largest absolute Gasteiger partial charge is 0.489 e. The van der Waals surface area contributed by atoms with Gasteiger partial charge in [0.05, 0.1) is 19.3 Å². The molecule has 34 heavy (non-hydrogen) atoms. The molecule has 0 radical (unpaired) electrons. The average molecular weight is 463 g/mol. The molecule has 0 aliphatic heterocycles. The molecule has 6 nitrogen and oxygen atoms in total. The Morgan fingerprint density at radius 2 is 1.82 bits per heavy atom. The number of benzene rings is 3. The van der Waals surface area contributed by atoms with E-state index < -0.39 is 0 Å². The fourth-order valence-corrected chi connectivity index (χ4v) is 3.91. The van der Waals surface area contributed by atoms with E-state index in [0.717, 1.165) is 16.5 Å². The molecule has 1 heterocycles. The number of rotatable bonds is 9. The van der Waals surface area contributed by atoms with Gasteiger partial charge < -0.3 is 25.4 Å². The van der Waals surface area contributed by atoms with Gasteiger partial charge in [0.2, 0.25) is 0 Å². The zero-order chi connectivity index (χ0) is 24.1. The lowest BCUT2D eigenvalue weighted by molar-refractivity contribution is -0.142. The van der Waals surface area contributed by atoms with E-state index in [1.54, 1.807) is 31.4 Å². The van der Waals surface area contributed by atoms with E-state index in [2.05, 4.69) is 0 Å². The van der Waals surface area contributed by atoms with E-state index in [0.29, 0.717) is 46.7 Å². The van der Waals surface area contributed by atoms with Gasteiger partial charge in [-0.05, 0) is 42.3 Å². The first-order valence-electron chi connectivity index (χ1n) is 11.1. The van der Waals surface area contributed by atoms with Crippen molar-refractivity contribution in [1.29, 1.82) is 0 Å². The van der Waals surface area contributed by atoms with Gasteiger partial charge in [-0.25, -0.2) is 4.39 Å². The van der Waals surface area contributed by atoms with Crippen LogP contribution in [0.2, 0.25) is 0 Å². The SMILES string of the molecule is CCOC(=O)Cc1ccc(CN)cc1OCc1cc(-c2cccc(CN)c2F)c2occc2c1. The molecule has 1 aromatic heterocycles. The summed E-state index contributed by atoms with van der Waals surface area (Å²) in [5.41, 5.74) is 16.0. The molecule has 0 atom stereocenters. The first-order valence-corrected chi connectivity index (χ1v) is 11.1. The van der Waals surface area contributed by atoms with E-state index in [4.69, 9.17) is 25.4 Å². The summed E-state index contributed by atoms with van der Waals surface area (Å²) in [5, 5.41) is 0.830. The average Bonchev–Trinajstić information content (AvgIpc) is 3.32. The van der Waals surface area contributed by atoms with Crippen LogP contribution in [0.5, 0.6) is 5.75 Å². The van der Waals surface area contributed by atoms with Crippen molar-refractivity contribution in [2.45, 2.75) is 33.0 Å². The lowest BCUT2D eigenvalue weighted by atomic mass is 9.98. The highest BCUT2D eigenvalue weighted by molar-refractivity contribution is 5.93. The van der Waals surface area contributed by atoms with Gasteiger partial charge in [-0.2, -0.15) is 0 Å². The molecular weight excluding hydrogens is 435 g/mol. The van der Waals surface area contributed by atoms with E-state index in [-0.39, 0.29) is 31.4 Å². The van der Waals surface area contributed by atoms with Crippen molar-refractivity contribution in [1.82, 2.24) is 0 Å². The van der Waals surface area contributed by atoms with E-state index in [1.165, 1.54) is 0 Å². The standard InChI is InChI=1S/C27H27FN2O4/c1-2-32-25(31)13-19-7-6-17(14-29)12-24(19)34-16-18-10-20-8-9-33-27(20)23(11-18)22-5-3-4-21(15-30)26(22)28/h3-12H,2,13-16,29-30H2,1H3. The molecule has 4 rings (SSSR count). The molecule has 7 heteroatoms. The summed E-state index contributed by atoms with van der Waals surface area (Å²) in [6.07, 6.45) is 1.67. The molecule has 0 aliphatic carbocycles. The summed E-state index contributed by atoms with van der Waals surface area (Å²) in [6.45, 7) is 2.73. The van der Waals surface area contributed by atoms with E-state index in [1.807, 2.05) is 36.4 Å². The van der Waals surface area contributed by atoms with Gasteiger partial charge in [0.25, 0.3) is 0 Å². The van der Waals surface area contributed by atoms with Gasteiger partial charge in [0, 0.05) is 40.7 Å². The second-order valence-corrected chi connectivity index (χ2v) is 7.88. The Bertz CT molecular complexity index is 1320. The van der Waals surface area contributed by atoms with Gasteiger partial charge >= 0.3 is 5.97 Å². The molecule has 0 bridgehead atoms. The quantitative estimate of drug-likeness (QED) is 0.345. The van der Waals surface area contributed by atoms with Crippen molar-refractivity contribution in [3.63, 3.8) is 0 Å². The second kappa shape index (κ2) is 10.5. The molecule has 0 aliphatic rings. The lowest BCUT2D eigenvalue weighted by Gasteiger charge is -2.14. The van der Waals surface area contributed by atoms with Crippen molar-refractivity contribution in [2.75, 3.05) is 6.61 Å². The highest BCUT2D eigenvalue weighted by Gasteiger charge is 2.16. The molecule has 3 aromatic carbocycles. The normalized spacial score (nSPS) is 11.1. The Kier molecular flexibility index (Phi) is 7.25. The monoisotopic (exact) mass is 462 g/mol. The van der Waals surface area contributed by atoms with Crippen molar-refractivity contribution in [2.24, 2.45) is 11.5 Å². The van der Waals surface area contributed by atoms with Crippen molar-refractivity contribution in [3.8, 4) is 16.9 Å². The molecule has 0 unspecified atom stereocenters. The molecule has 4 N–H and O–H groups in total. The zero-order valence-electron chi connectivity index (χ0n) is 19.0. The third-order valence-electron chi connectivity index (χ3n) is 5.60. The molecule has 176 valence electrons. The summed E-state index contributed by atoms with van der Waals surface area (Å²) >= 11 is 0. The maximum Gasteiger partial charge on any atom is 0.310 e. The topological polar surface area (TPSA) is 101 Å². The van der Waals surface area contributed by atoms with Crippen molar-refractivity contribution < 1.29 is 23.1 Å². The predicted molar refractivity (Wildman–Crippen MR) is 129 cm³/mol. The fraction of sp³-hybridized carbons (Fsp3) is 0.222. The number of nitrogens with two attached hydrogens (primary N) is 2. The van der Waals surface area contributed by atoms with E-state index >= 15 is 4.39 Å². The minimum absolute atomic E-state index is 0.0944. The predicted octanol–water partition coefficient (Wildman–Crippen LogP) is 4.84. The number of furan rings is 1. The van der Waals surface area contributed by atoms with Crippen molar-refractivity contribution >= 4 is 16.9 Å². The Hall–Kier alpha value is -3.68. The molecule has 0 saturated carbocycles. The fourth-order valence-electron chi connectivity index (χ4n) is 3.91. The molecule has 4 aromatic rings. The Labute approximate surface area is 197 Å². The number of fused-ring (bicyclic) bond motifs is 1. The number of carbonyl (C=O) groups excluding carboxylic acids is 1. The number of carbonyl (C=O) groups is 1. The van der Waals surface area contributed by atoms with Crippen LogP contribution >= 0.6 is 0 Å². The van der Waals surface area contributed by atoms with Crippen molar-refractivity contribution in [3.05, 3.63) is 88.9 Å². The van der Waals surface area contributed by atoms with E-state index in [9.17, 15) is 4.79 Å². The van der Waals surface area contributed by atoms with Crippen LogP contribution in [0.25, 0.3) is 22.1 Å². The lowest BCUT2D eigenvalue weighted by Crippen LogP contribution is -2.10. The number of hydrogen-bond acceptors (Lipinski definition) is 6. The maximum atomic E-state index is 15.1. The highest BCUT2D eigenvalue weighted by Crippen LogP contribution is 2.34. The minimum Gasteiger partial charge on any atom is -0.489 e. The highest BCUT2D eigenvalue weighted by atomic mass is 19.1. The Balaban J connectivity index is 1.67. The van der Waals surface area contributed by atoms with Crippen LogP contribution in [0.1, 0.15) is 29.2 Å². The van der Waals surface area contributed by atoms with Gasteiger partial charge in [0.15, 0.2) is 0 Å². The number of ether oxygens (including phenoxy) is 2. The maximum absolute atomic E-state index is 15.1. The first-order chi connectivity index (χ1) is 16.5. The van der Waals surface area contributed by atoms with Crippen LogP contribution in [0, 0.1) is 5.82 Å². The smallest absolute Gasteiger partial charge is 0.310 e. The second-order valence-electron chi connectivity index (χ2n) is 7.88. The number of hydrogen-bond donors (Lipinski definition) is 2. The summed E-state index contributed by atoms with van der Waals surface area (Å²) in [4.78, 5) is 12.0. The molecule has 0 amide bonds. The molecule has 0 saturated heterocycles. The Morgan fingerprint density at radius 3 is 2.59 bits per heavy atom. The third kappa shape index (κ3) is 4.95. The first kappa shape index (κ1) is 23.5. The van der Waals surface area contributed by atoms with Crippen LogP contribution < -0.4 is 16.2 Å². The third-order valence-corrected chi connectivity index (χ3v) is 5.60. The Morgan fingerprint density at radius 1 is 0.971 bits per heavy atom. The molecule has 0 fully saturated rings. The summed E-state index contributed by atoms with van der Waals surface area (Å²) < 4.78 is 32.0. The number of halogens is 1. The van der Waals surface area contributed by atoms with Gasteiger partial charge in [-0.1, -0.05) is 30.3 Å². The van der Waals surface area contributed by atoms with Crippen LogP contribution in [0.15, 0.2) is 65.3 Å². The number of esters is 1. The molecular formula is C27H27FN2O4.